The zero-order valence-electron chi connectivity index (χ0n) is 16.5. The summed E-state index contributed by atoms with van der Waals surface area (Å²) in [7, 11) is 0. The summed E-state index contributed by atoms with van der Waals surface area (Å²) in [4.78, 5) is 29.9. The molecule has 0 aliphatic carbocycles. The van der Waals surface area contributed by atoms with Crippen LogP contribution in [0.5, 0.6) is 5.75 Å². The average molecular weight is 462 g/mol. The SMILES string of the molecule is N#CC(Cc1cccc(C(=O)Oc2cccnc2)c1)C(=O)Nc1nnc(-c2cccs2)s1. The molecule has 1 atom stereocenters. The molecular formula is C22H15N5O3S2. The topological polar surface area (TPSA) is 118 Å². The molecular weight excluding hydrogens is 446 g/mol. The van der Waals surface area contributed by atoms with E-state index in [0.717, 1.165) is 4.88 Å². The van der Waals surface area contributed by atoms with Crippen molar-refractivity contribution in [1.29, 1.82) is 5.26 Å². The van der Waals surface area contributed by atoms with Crippen LogP contribution in [0.1, 0.15) is 15.9 Å². The number of benzene rings is 1. The second-order valence-corrected chi connectivity index (χ2v) is 8.47. The zero-order chi connectivity index (χ0) is 22.3. The summed E-state index contributed by atoms with van der Waals surface area (Å²) in [5.74, 6) is -1.66. The van der Waals surface area contributed by atoms with Gasteiger partial charge in [-0.3, -0.25) is 15.1 Å². The molecule has 1 amide bonds. The molecule has 4 aromatic rings. The molecule has 0 radical (unpaired) electrons. The van der Waals surface area contributed by atoms with Crippen molar-refractivity contribution in [2.75, 3.05) is 5.32 Å². The van der Waals surface area contributed by atoms with Gasteiger partial charge in [0.2, 0.25) is 11.0 Å². The highest BCUT2D eigenvalue weighted by Crippen LogP contribution is 2.30. The third-order valence-corrected chi connectivity index (χ3v) is 6.18. The Morgan fingerprint density at radius 1 is 1.16 bits per heavy atom. The Labute approximate surface area is 191 Å². The van der Waals surface area contributed by atoms with E-state index in [1.165, 1.54) is 28.9 Å². The Balaban J connectivity index is 1.41. The van der Waals surface area contributed by atoms with Crippen LogP contribution in [0.25, 0.3) is 9.88 Å². The number of pyridine rings is 1. The first-order valence-electron chi connectivity index (χ1n) is 9.41. The van der Waals surface area contributed by atoms with Crippen LogP contribution in [0.4, 0.5) is 5.13 Å². The minimum Gasteiger partial charge on any atom is -0.421 e. The lowest BCUT2D eigenvalue weighted by molar-refractivity contribution is -0.118. The van der Waals surface area contributed by atoms with Gasteiger partial charge in [0.1, 0.15) is 11.7 Å². The lowest BCUT2D eigenvalue weighted by Gasteiger charge is -2.10. The number of hydrogen-bond donors (Lipinski definition) is 1. The van der Waals surface area contributed by atoms with Gasteiger partial charge >= 0.3 is 5.97 Å². The largest absolute Gasteiger partial charge is 0.421 e. The first-order valence-corrected chi connectivity index (χ1v) is 11.1. The van der Waals surface area contributed by atoms with Gasteiger partial charge in [-0.2, -0.15) is 5.26 Å². The molecule has 0 saturated heterocycles. The van der Waals surface area contributed by atoms with Crippen molar-refractivity contribution in [3.63, 3.8) is 0 Å². The number of carbonyl (C=O) groups is 2. The normalized spacial score (nSPS) is 11.3. The van der Waals surface area contributed by atoms with Crippen LogP contribution in [0.3, 0.4) is 0 Å². The molecule has 3 aromatic heterocycles. The number of rotatable bonds is 7. The van der Waals surface area contributed by atoms with Crippen molar-refractivity contribution in [2.45, 2.75) is 6.42 Å². The summed E-state index contributed by atoms with van der Waals surface area (Å²) in [6.45, 7) is 0. The van der Waals surface area contributed by atoms with Crippen LogP contribution < -0.4 is 10.1 Å². The van der Waals surface area contributed by atoms with Crippen molar-refractivity contribution in [3.05, 3.63) is 77.4 Å². The molecule has 0 bridgehead atoms. The van der Waals surface area contributed by atoms with Gasteiger partial charge in [-0.1, -0.05) is 29.5 Å². The van der Waals surface area contributed by atoms with E-state index in [1.54, 1.807) is 42.6 Å². The molecule has 0 saturated carbocycles. The maximum atomic E-state index is 12.6. The lowest BCUT2D eigenvalue weighted by atomic mass is 9.98. The molecule has 8 nitrogen and oxygen atoms in total. The van der Waals surface area contributed by atoms with Gasteiger partial charge in [0.15, 0.2) is 5.01 Å². The summed E-state index contributed by atoms with van der Waals surface area (Å²) in [5.41, 5.74) is 0.969. The van der Waals surface area contributed by atoms with Crippen molar-refractivity contribution < 1.29 is 14.3 Å². The number of anilines is 1. The van der Waals surface area contributed by atoms with E-state index in [1.807, 2.05) is 23.6 Å². The lowest BCUT2D eigenvalue weighted by Crippen LogP contribution is -2.23. The monoisotopic (exact) mass is 461 g/mol. The number of esters is 1. The highest BCUT2D eigenvalue weighted by molar-refractivity contribution is 7.23. The Morgan fingerprint density at radius 2 is 2.06 bits per heavy atom. The molecule has 0 spiro atoms. The minimum atomic E-state index is -0.964. The predicted molar refractivity (Wildman–Crippen MR) is 120 cm³/mol. The van der Waals surface area contributed by atoms with E-state index >= 15 is 0 Å². The van der Waals surface area contributed by atoms with Crippen LogP contribution in [0.2, 0.25) is 0 Å². The summed E-state index contributed by atoms with van der Waals surface area (Å²) in [5, 5.41) is 23.2. The number of ether oxygens (including phenoxy) is 1. The van der Waals surface area contributed by atoms with Crippen molar-refractivity contribution in [3.8, 4) is 21.7 Å². The summed E-state index contributed by atoms with van der Waals surface area (Å²) in [6, 6.07) is 15.8. The van der Waals surface area contributed by atoms with E-state index in [2.05, 4.69) is 20.5 Å². The molecule has 3 heterocycles. The third-order valence-electron chi connectivity index (χ3n) is 4.31. The molecule has 0 aliphatic heterocycles. The van der Waals surface area contributed by atoms with Crippen LogP contribution >= 0.6 is 22.7 Å². The van der Waals surface area contributed by atoms with Gasteiger partial charge in [0.25, 0.3) is 0 Å². The molecule has 10 heteroatoms. The Morgan fingerprint density at radius 3 is 2.81 bits per heavy atom. The predicted octanol–water partition coefficient (Wildman–Crippen LogP) is 4.20. The quantitative estimate of drug-likeness (QED) is 0.410. The highest BCUT2D eigenvalue weighted by atomic mass is 32.1. The van der Waals surface area contributed by atoms with E-state index in [-0.39, 0.29) is 6.42 Å². The second kappa shape index (κ2) is 9.91. The molecule has 4 rings (SSSR count). The Bertz CT molecular complexity index is 1270. The van der Waals surface area contributed by atoms with Crippen LogP contribution in [0, 0.1) is 17.2 Å². The first kappa shape index (κ1) is 21.3. The Kier molecular flexibility index (Phi) is 6.60. The number of hydrogen-bond acceptors (Lipinski definition) is 9. The number of nitriles is 1. The fourth-order valence-electron chi connectivity index (χ4n) is 2.80. The van der Waals surface area contributed by atoms with Gasteiger partial charge in [-0.25, -0.2) is 4.79 Å². The highest BCUT2D eigenvalue weighted by Gasteiger charge is 2.21. The van der Waals surface area contributed by atoms with Crippen LogP contribution in [-0.2, 0) is 11.2 Å². The molecule has 1 unspecified atom stereocenters. The number of aromatic nitrogens is 3. The average Bonchev–Trinajstić information content (AvgIpc) is 3.50. The van der Waals surface area contributed by atoms with Gasteiger partial charge in [-0.05, 0) is 47.7 Å². The standard InChI is InChI=1S/C22H15N5O3S2/c23-12-16(19(28)25-22-27-26-20(32-22)18-7-3-9-31-18)11-14-4-1-5-15(10-14)21(29)30-17-6-2-8-24-13-17/h1-10,13,16H,11H2,(H,25,27,28). The van der Waals surface area contributed by atoms with Gasteiger partial charge < -0.3 is 4.74 Å². The Hall–Kier alpha value is -3.94. The number of thiophene rings is 1. The minimum absolute atomic E-state index is 0.132. The van der Waals surface area contributed by atoms with Crippen molar-refractivity contribution >= 4 is 39.7 Å². The molecule has 1 N–H and O–H groups in total. The van der Waals surface area contributed by atoms with E-state index in [9.17, 15) is 14.9 Å². The summed E-state index contributed by atoms with van der Waals surface area (Å²) in [6.07, 6.45) is 3.15. The van der Waals surface area contributed by atoms with Crippen molar-refractivity contribution in [2.24, 2.45) is 5.92 Å². The summed E-state index contributed by atoms with van der Waals surface area (Å²) < 4.78 is 5.29. The third kappa shape index (κ3) is 5.21. The van der Waals surface area contributed by atoms with Crippen LogP contribution in [0.15, 0.2) is 66.3 Å². The van der Waals surface area contributed by atoms with E-state index < -0.39 is 17.8 Å². The number of nitrogens with zero attached hydrogens (tertiary/aromatic N) is 4. The fraction of sp³-hybridized carbons (Fsp3) is 0.0909. The molecule has 32 heavy (non-hydrogen) atoms. The van der Waals surface area contributed by atoms with Gasteiger partial charge in [0.05, 0.1) is 22.7 Å². The molecule has 158 valence electrons. The van der Waals surface area contributed by atoms with Gasteiger partial charge in [-0.15, -0.1) is 21.5 Å². The van der Waals surface area contributed by atoms with E-state index in [0.29, 0.717) is 27.0 Å². The second-order valence-electron chi connectivity index (χ2n) is 6.54. The summed E-state index contributed by atoms with van der Waals surface area (Å²) >= 11 is 2.77. The maximum absolute atomic E-state index is 12.6. The zero-order valence-corrected chi connectivity index (χ0v) is 18.1. The van der Waals surface area contributed by atoms with Crippen LogP contribution in [-0.4, -0.2) is 27.1 Å². The van der Waals surface area contributed by atoms with Crippen molar-refractivity contribution in [1.82, 2.24) is 15.2 Å². The first-order chi connectivity index (χ1) is 15.6. The maximum Gasteiger partial charge on any atom is 0.343 e. The molecule has 0 aliphatic rings. The smallest absolute Gasteiger partial charge is 0.343 e. The molecule has 0 fully saturated rings. The number of carbonyl (C=O) groups excluding carboxylic acids is 2. The number of amides is 1. The van der Waals surface area contributed by atoms with E-state index in [4.69, 9.17) is 4.74 Å². The number of nitrogens with one attached hydrogen (secondary N) is 1. The fourth-order valence-corrected chi connectivity index (χ4v) is 4.34. The van der Waals surface area contributed by atoms with Gasteiger partial charge in [0, 0.05) is 6.20 Å². The molecule has 1 aromatic carbocycles.